The number of nitrogens with zero attached hydrogens (tertiary/aromatic N) is 2. The third-order valence-corrected chi connectivity index (χ3v) is 4.57. The second-order valence-electron chi connectivity index (χ2n) is 5.94. The lowest BCUT2D eigenvalue weighted by molar-refractivity contribution is 0.340. The minimum Gasteiger partial charge on any atom is -0.505 e. The van der Waals surface area contributed by atoms with Crippen molar-refractivity contribution in [2.45, 2.75) is 6.92 Å². The van der Waals surface area contributed by atoms with Crippen LogP contribution < -0.4 is 10.3 Å². The van der Waals surface area contributed by atoms with Crippen molar-refractivity contribution in [2.24, 2.45) is 0 Å². The smallest absolute Gasteiger partial charge is 0.278 e. The highest BCUT2D eigenvalue weighted by Gasteiger charge is 2.16. The molecule has 7 heteroatoms. The van der Waals surface area contributed by atoms with Crippen molar-refractivity contribution in [1.29, 1.82) is 0 Å². The van der Waals surface area contributed by atoms with Crippen LogP contribution >= 0.6 is 11.6 Å². The molecule has 0 aliphatic carbocycles. The quantitative estimate of drug-likeness (QED) is 0.556. The molecule has 0 radical (unpaired) electrons. The number of benzene rings is 2. The minimum absolute atomic E-state index is 0.0625. The van der Waals surface area contributed by atoms with E-state index in [0.29, 0.717) is 22.5 Å². The highest BCUT2D eigenvalue weighted by molar-refractivity contribution is 6.34. The van der Waals surface area contributed by atoms with Gasteiger partial charge < -0.3 is 14.8 Å². The zero-order chi connectivity index (χ0) is 19.0. The van der Waals surface area contributed by atoms with E-state index in [-0.39, 0.29) is 11.4 Å². The Balaban J connectivity index is 1.90. The third kappa shape index (κ3) is 3.04. The summed E-state index contributed by atoms with van der Waals surface area (Å²) in [6, 6.07) is 12.6. The van der Waals surface area contributed by atoms with Crippen molar-refractivity contribution >= 4 is 22.5 Å². The molecule has 0 atom stereocenters. The SMILES string of the molecule is CCOc1ccc(-c2cc3c(O)c(-n4cccn4)c(=O)[nH]c3cc2Cl)cc1. The van der Waals surface area contributed by atoms with Gasteiger partial charge in [0.05, 0.1) is 17.1 Å². The van der Waals surface area contributed by atoms with Gasteiger partial charge >= 0.3 is 0 Å². The number of aromatic hydroxyl groups is 1. The first-order valence-electron chi connectivity index (χ1n) is 8.40. The Morgan fingerprint density at radius 1 is 1.26 bits per heavy atom. The first kappa shape index (κ1) is 17.2. The maximum atomic E-state index is 12.4. The van der Waals surface area contributed by atoms with E-state index in [1.165, 1.54) is 10.9 Å². The van der Waals surface area contributed by atoms with Crippen LogP contribution in [-0.2, 0) is 0 Å². The topological polar surface area (TPSA) is 80.1 Å². The van der Waals surface area contributed by atoms with Gasteiger partial charge in [-0.3, -0.25) is 4.79 Å². The van der Waals surface area contributed by atoms with Gasteiger partial charge in [-0.25, -0.2) is 4.68 Å². The fraction of sp³-hybridized carbons (Fsp3) is 0.100. The number of aromatic nitrogens is 3. The summed E-state index contributed by atoms with van der Waals surface area (Å²) in [5.41, 5.74) is 1.67. The number of aromatic amines is 1. The number of hydrogen-bond acceptors (Lipinski definition) is 4. The summed E-state index contributed by atoms with van der Waals surface area (Å²) >= 11 is 6.43. The predicted octanol–water partition coefficient (Wildman–Crippen LogP) is 4.14. The molecule has 4 rings (SSSR count). The van der Waals surface area contributed by atoms with E-state index in [1.54, 1.807) is 24.4 Å². The highest BCUT2D eigenvalue weighted by Crippen LogP contribution is 2.36. The highest BCUT2D eigenvalue weighted by atomic mass is 35.5. The Kier molecular flexibility index (Phi) is 4.33. The van der Waals surface area contributed by atoms with Gasteiger partial charge in [0.2, 0.25) is 0 Å². The molecule has 2 N–H and O–H groups in total. The molecule has 2 aromatic carbocycles. The minimum atomic E-state index is -0.450. The zero-order valence-electron chi connectivity index (χ0n) is 14.4. The first-order valence-corrected chi connectivity index (χ1v) is 8.78. The number of hydrogen-bond donors (Lipinski definition) is 2. The van der Waals surface area contributed by atoms with Crippen molar-refractivity contribution in [3.63, 3.8) is 0 Å². The summed E-state index contributed by atoms with van der Waals surface area (Å²) in [5.74, 6) is 0.618. The van der Waals surface area contributed by atoms with E-state index in [9.17, 15) is 9.90 Å². The number of pyridine rings is 1. The van der Waals surface area contributed by atoms with Gasteiger partial charge in [0, 0.05) is 23.3 Å². The molecule has 0 aliphatic heterocycles. The van der Waals surface area contributed by atoms with Crippen LogP contribution in [0.25, 0.3) is 27.7 Å². The normalized spacial score (nSPS) is 11.0. The molecule has 0 fully saturated rings. The van der Waals surface area contributed by atoms with Gasteiger partial charge in [0.1, 0.15) is 5.75 Å². The monoisotopic (exact) mass is 381 g/mol. The van der Waals surface area contributed by atoms with Crippen molar-refractivity contribution in [3.05, 3.63) is 70.2 Å². The molecular formula is C20H16ClN3O3. The Morgan fingerprint density at radius 3 is 2.70 bits per heavy atom. The van der Waals surface area contributed by atoms with Gasteiger partial charge in [-0.05, 0) is 42.8 Å². The van der Waals surface area contributed by atoms with E-state index < -0.39 is 5.56 Å². The number of ether oxygens (including phenoxy) is 1. The van der Waals surface area contributed by atoms with Crippen molar-refractivity contribution in [2.75, 3.05) is 6.61 Å². The second kappa shape index (κ2) is 6.81. The van der Waals surface area contributed by atoms with Crippen LogP contribution in [0.5, 0.6) is 11.5 Å². The molecule has 2 heterocycles. The Hall–Kier alpha value is -3.25. The van der Waals surface area contributed by atoms with Crippen molar-refractivity contribution < 1.29 is 9.84 Å². The fourth-order valence-electron chi connectivity index (χ4n) is 3.02. The fourth-order valence-corrected chi connectivity index (χ4v) is 3.29. The zero-order valence-corrected chi connectivity index (χ0v) is 15.2. The molecule has 27 heavy (non-hydrogen) atoms. The van der Waals surface area contributed by atoms with Gasteiger partial charge in [-0.1, -0.05) is 23.7 Å². The largest absolute Gasteiger partial charge is 0.505 e. The summed E-state index contributed by atoms with van der Waals surface area (Å²) in [4.78, 5) is 15.1. The van der Waals surface area contributed by atoms with E-state index in [4.69, 9.17) is 16.3 Å². The maximum Gasteiger partial charge on any atom is 0.278 e. The van der Waals surface area contributed by atoms with E-state index in [2.05, 4.69) is 10.1 Å². The molecule has 0 spiro atoms. The standard InChI is InChI=1S/C20H16ClN3O3/c1-2-27-13-6-4-12(5-7-13)14-10-15-17(11-16(14)21)23-20(26)18(19(15)25)24-9-3-8-22-24/h3-11H,2H2,1H3,(H2,23,25,26). The second-order valence-corrected chi connectivity index (χ2v) is 6.34. The van der Waals surface area contributed by atoms with Crippen LogP contribution in [-0.4, -0.2) is 26.5 Å². The van der Waals surface area contributed by atoms with E-state index in [0.717, 1.165) is 16.9 Å². The lowest BCUT2D eigenvalue weighted by atomic mass is 10.0. The lowest BCUT2D eigenvalue weighted by Gasteiger charge is -2.11. The molecule has 0 aliphatic rings. The van der Waals surface area contributed by atoms with Crippen LogP contribution in [0, 0.1) is 0 Å². The number of halogens is 1. The van der Waals surface area contributed by atoms with Gasteiger partial charge in [0.15, 0.2) is 11.4 Å². The molecule has 0 amide bonds. The molecular weight excluding hydrogens is 366 g/mol. The summed E-state index contributed by atoms with van der Waals surface area (Å²) in [5, 5.41) is 15.7. The van der Waals surface area contributed by atoms with Crippen LogP contribution in [0.3, 0.4) is 0 Å². The van der Waals surface area contributed by atoms with E-state index >= 15 is 0 Å². The number of nitrogens with one attached hydrogen (secondary N) is 1. The molecule has 0 bridgehead atoms. The molecule has 0 saturated heterocycles. The Labute approximate surface area is 159 Å². The van der Waals surface area contributed by atoms with E-state index in [1.807, 2.05) is 31.2 Å². The first-order chi connectivity index (χ1) is 13.1. The third-order valence-electron chi connectivity index (χ3n) is 4.26. The van der Waals surface area contributed by atoms with Gasteiger partial charge in [0.25, 0.3) is 5.56 Å². The number of H-pyrrole nitrogens is 1. The lowest BCUT2D eigenvalue weighted by Crippen LogP contribution is -2.15. The summed E-state index contributed by atoms with van der Waals surface area (Å²) < 4.78 is 6.80. The predicted molar refractivity (Wildman–Crippen MR) is 105 cm³/mol. The molecule has 4 aromatic rings. The summed E-state index contributed by atoms with van der Waals surface area (Å²) in [6.45, 7) is 2.52. The van der Waals surface area contributed by atoms with Crippen LogP contribution in [0.1, 0.15) is 6.92 Å². The average molecular weight is 382 g/mol. The molecule has 6 nitrogen and oxygen atoms in total. The van der Waals surface area contributed by atoms with Crippen LogP contribution in [0.15, 0.2) is 59.7 Å². The van der Waals surface area contributed by atoms with Gasteiger partial charge in [-0.15, -0.1) is 0 Å². The van der Waals surface area contributed by atoms with Crippen molar-refractivity contribution in [1.82, 2.24) is 14.8 Å². The van der Waals surface area contributed by atoms with Crippen LogP contribution in [0.2, 0.25) is 5.02 Å². The molecule has 2 aromatic heterocycles. The average Bonchev–Trinajstić information content (AvgIpc) is 3.17. The summed E-state index contributed by atoms with van der Waals surface area (Å²) in [7, 11) is 0. The molecule has 0 unspecified atom stereocenters. The molecule has 136 valence electrons. The number of rotatable bonds is 4. The van der Waals surface area contributed by atoms with Gasteiger partial charge in [-0.2, -0.15) is 5.10 Å². The summed E-state index contributed by atoms with van der Waals surface area (Å²) in [6.07, 6.45) is 3.13. The Bertz CT molecular complexity index is 1170. The van der Waals surface area contributed by atoms with Crippen molar-refractivity contribution in [3.8, 4) is 28.3 Å². The molecule has 0 saturated carbocycles. The maximum absolute atomic E-state index is 12.4. The number of fused-ring (bicyclic) bond motifs is 1. The van der Waals surface area contributed by atoms with Crippen LogP contribution in [0.4, 0.5) is 0 Å². The Morgan fingerprint density at radius 2 is 2.04 bits per heavy atom.